The summed E-state index contributed by atoms with van der Waals surface area (Å²) in [6.07, 6.45) is 2.28. The molecule has 0 aliphatic carbocycles. The minimum absolute atomic E-state index is 0.0538. The highest BCUT2D eigenvalue weighted by Gasteiger charge is 2.30. The first-order chi connectivity index (χ1) is 17.9. The quantitative estimate of drug-likeness (QED) is 0.520. The van der Waals surface area contributed by atoms with Crippen molar-refractivity contribution in [3.05, 3.63) is 53.1 Å². The minimum Gasteiger partial charge on any atom is -0.442 e. The standard InChI is InChI=1S/C27H38N6O5/c1-18-24(19(2)30-17-29-18)33(26(36)38-27(3,4)5)37-16-23(34)31(6)22-11-13-32(14-12-22)15-20-7-9-21(10-8-20)25(28)35/h7-10,17,22H,11-16H2,1-6H3,(H2,28,35). The maximum atomic E-state index is 13.1. The van der Waals surface area contributed by atoms with Crippen molar-refractivity contribution in [3.63, 3.8) is 0 Å². The molecule has 0 atom stereocenters. The number of ether oxygens (including phenoxy) is 1. The number of rotatable bonds is 8. The fourth-order valence-electron chi connectivity index (χ4n) is 4.31. The van der Waals surface area contributed by atoms with Gasteiger partial charge in [0.25, 0.3) is 5.91 Å². The number of hydroxylamine groups is 1. The molecule has 2 N–H and O–H groups in total. The molecule has 11 heteroatoms. The fourth-order valence-corrected chi connectivity index (χ4v) is 4.31. The number of carbonyl (C=O) groups is 3. The van der Waals surface area contributed by atoms with Crippen LogP contribution in [0.15, 0.2) is 30.6 Å². The molecule has 206 valence electrons. The van der Waals surface area contributed by atoms with E-state index in [4.69, 9.17) is 15.3 Å². The number of likely N-dealkylation sites (tertiary alicyclic amines) is 1. The molecule has 0 bridgehead atoms. The maximum absolute atomic E-state index is 13.1. The number of likely N-dealkylation sites (N-methyl/N-ethyl adjacent to an activating group) is 1. The van der Waals surface area contributed by atoms with E-state index in [9.17, 15) is 14.4 Å². The Morgan fingerprint density at radius 1 is 1.05 bits per heavy atom. The minimum atomic E-state index is -0.755. The summed E-state index contributed by atoms with van der Waals surface area (Å²) in [6, 6.07) is 7.36. The zero-order valence-corrected chi connectivity index (χ0v) is 23.1. The largest absolute Gasteiger partial charge is 0.442 e. The first-order valence-electron chi connectivity index (χ1n) is 12.7. The number of nitrogens with zero attached hydrogens (tertiary/aromatic N) is 5. The van der Waals surface area contributed by atoms with Crippen molar-refractivity contribution < 1.29 is 24.0 Å². The second-order valence-corrected chi connectivity index (χ2v) is 10.5. The van der Waals surface area contributed by atoms with E-state index in [0.717, 1.165) is 43.1 Å². The Morgan fingerprint density at radius 3 is 2.16 bits per heavy atom. The van der Waals surface area contributed by atoms with Crippen molar-refractivity contribution in [1.82, 2.24) is 19.8 Å². The summed E-state index contributed by atoms with van der Waals surface area (Å²) >= 11 is 0. The molecule has 1 aromatic heterocycles. The van der Waals surface area contributed by atoms with Gasteiger partial charge < -0.3 is 15.4 Å². The van der Waals surface area contributed by atoms with Crippen LogP contribution in [0.1, 0.15) is 60.9 Å². The molecule has 1 fully saturated rings. The summed E-state index contributed by atoms with van der Waals surface area (Å²) in [5.41, 5.74) is 7.56. The van der Waals surface area contributed by atoms with Crippen LogP contribution in [-0.2, 0) is 20.9 Å². The monoisotopic (exact) mass is 526 g/mol. The van der Waals surface area contributed by atoms with Crippen LogP contribution in [0.5, 0.6) is 0 Å². The summed E-state index contributed by atoms with van der Waals surface area (Å²) in [7, 11) is 1.76. The molecule has 1 aliphatic rings. The third-order valence-corrected chi connectivity index (χ3v) is 6.41. The number of anilines is 1. The van der Waals surface area contributed by atoms with Gasteiger partial charge in [0.1, 0.15) is 17.6 Å². The van der Waals surface area contributed by atoms with Gasteiger partial charge in [-0.15, -0.1) is 5.06 Å². The molecule has 38 heavy (non-hydrogen) atoms. The molecule has 0 radical (unpaired) electrons. The van der Waals surface area contributed by atoms with Crippen LogP contribution in [0.2, 0.25) is 0 Å². The fraction of sp³-hybridized carbons (Fsp3) is 0.519. The summed E-state index contributed by atoms with van der Waals surface area (Å²) in [5.74, 6) is -0.683. The number of amides is 3. The highest BCUT2D eigenvalue weighted by atomic mass is 16.7. The summed E-state index contributed by atoms with van der Waals surface area (Å²) in [4.78, 5) is 55.4. The normalized spacial score (nSPS) is 14.7. The number of aromatic nitrogens is 2. The zero-order valence-electron chi connectivity index (χ0n) is 23.1. The Morgan fingerprint density at radius 2 is 1.63 bits per heavy atom. The first-order valence-corrected chi connectivity index (χ1v) is 12.7. The van der Waals surface area contributed by atoms with Crippen molar-refractivity contribution in [2.24, 2.45) is 5.73 Å². The van der Waals surface area contributed by atoms with Gasteiger partial charge in [0, 0.05) is 38.3 Å². The Bertz CT molecular complexity index is 1120. The van der Waals surface area contributed by atoms with Gasteiger partial charge in [0.15, 0.2) is 6.61 Å². The van der Waals surface area contributed by atoms with Crippen LogP contribution < -0.4 is 10.8 Å². The Labute approximate surface area is 223 Å². The SMILES string of the molecule is Cc1ncnc(C)c1N(OCC(=O)N(C)C1CCN(Cc2ccc(C(N)=O)cc2)CC1)C(=O)OC(C)(C)C. The average molecular weight is 527 g/mol. The number of benzene rings is 1. The molecule has 1 aliphatic heterocycles. The van der Waals surface area contributed by atoms with Gasteiger partial charge >= 0.3 is 6.09 Å². The molecule has 2 heterocycles. The molecule has 11 nitrogen and oxygen atoms in total. The molecular weight excluding hydrogens is 488 g/mol. The van der Waals surface area contributed by atoms with E-state index in [1.165, 1.54) is 6.33 Å². The van der Waals surface area contributed by atoms with E-state index in [1.54, 1.807) is 58.7 Å². The number of piperidine rings is 1. The third-order valence-electron chi connectivity index (χ3n) is 6.41. The Kier molecular flexibility index (Phi) is 9.40. The molecule has 0 unspecified atom stereocenters. The predicted octanol–water partition coefficient (Wildman–Crippen LogP) is 2.99. The van der Waals surface area contributed by atoms with Gasteiger partial charge in [0.2, 0.25) is 5.91 Å². The highest BCUT2D eigenvalue weighted by molar-refractivity contribution is 5.92. The molecular formula is C27H38N6O5. The number of nitrogens with two attached hydrogens (primary N) is 1. The van der Waals surface area contributed by atoms with Gasteiger partial charge in [-0.3, -0.25) is 19.3 Å². The van der Waals surface area contributed by atoms with E-state index >= 15 is 0 Å². The van der Waals surface area contributed by atoms with Crippen molar-refractivity contribution in [2.45, 2.75) is 65.6 Å². The molecule has 0 spiro atoms. The van der Waals surface area contributed by atoms with Gasteiger partial charge in [0.05, 0.1) is 11.4 Å². The summed E-state index contributed by atoms with van der Waals surface area (Å²) in [5, 5.41) is 0.980. The van der Waals surface area contributed by atoms with Crippen LogP contribution >= 0.6 is 0 Å². The van der Waals surface area contributed by atoms with Crippen molar-refractivity contribution in [2.75, 3.05) is 31.8 Å². The molecule has 3 rings (SSSR count). The van der Waals surface area contributed by atoms with Crippen LogP contribution in [-0.4, -0.2) is 76.1 Å². The van der Waals surface area contributed by atoms with Crippen LogP contribution in [0.4, 0.5) is 10.5 Å². The summed E-state index contributed by atoms with van der Waals surface area (Å²) in [6.45, 7) is 10.8. The number of aryl methyl sites for hydroxylation is 2. The lowest BCUT2D eigenvalue weighted by Crippen LogP contribution is -2.47. The smallest absolute Gasteiger partial charge is 0.439 e. The molecule has 2 aromatic rings. The topological polar surface area (TPSA) is 131 Å². The van der Waals surface area contributed by atoms with E-state index < -0.39 is 17.6 Å². The Hall–Kier alpha value is -3.57. The lowest BCUT2D eigenvalue weighted by Gasteiger charge is -2.37. The highest BCUT2D eigenvalue weighted by Crippen LogP contribution is 2.25. The van der Waals surface area contributed by atoms with Gasteiger partial charge in [-0.25, -0.2) is 14.8 Å². The first kappa shape index (κ1) is 29.0. The second kappa shape index (κ2) is 12.3. The third kappa shape index (κ3) is 7.72. The molecule has 1 aromatic carbocycles. The van der Waals surface area contributed by atoms with E-state index in [0.29, 0.717) is 22.6 Å². The van der Waals surface area contributed by atoms with Crippen LogP contribution in [0.3, 0.4) is 0 Å². The van der Waals surface area contributed by atoms with Crippen LogP contribution in [0, 0.1) is 13.8 Å². The molecule has 1 saturated heterocycles. The van der Waals surface area contributed by atoms with E-state index in [2.05, 4.69) is 14.9 Å². The molecule has 3 amide bonds. The Balaban J connectivity index is 1.58. The lowest BCUT2D eigenvalue weighted by molar-refractivity contribution is -0.138. The van der Waals surface area contributed by atoms with Crippen molar-refractivity contribution in [3.8, 4) is 0 Å². The second-order valence-electron chi connectivity index (χ2n) is 10.5. The predicted molar refractivity (Wildman–Crippen MR) is 142 cm³/mol. The average Bonchev–Trinajstić information content (AvgIpc) is 2.84. The van der Waals surface area contributed by atoms with Crippen LogP contribution in [0.25, 0.3) is 0 Å². The maximum Gasteiger partial charge on any atom is 0.439 e. The number of hydrogen-bond acceptors (Lipinski definition) is 8. The van der Waals surface area contributed by atoms with E-state index in [1.807, 2.05) is 12.1 Å². The number of primary amides is 1. The lowest BCUT2D eigenvalue weighted by atomic mass is 10.0. The zero-order chi connectivity index (χ0) is 28.0. The molecule has 0 saturated carbocycles. The number of carbonyl (C=O) groups excluding carboxylic acids is 3. The van der Waals surface area contributed by atoms with Gasteiger partial charge in [-0.1, -0.05) is 12.1 Å². The van der Waals surface area contributed by atoms with E-state index in [-0.39, 0.29) is 18.6 Å². The van der Waals surface area contributed by atoms with Gasteiger partial charge in [-0.2, -0.15) is 0 Å². The van der Waals surface area contributed by atoms with Crippen molar-refractivity contribution in [1.29, 1.82) is 0 Å². The number of hydrogen-bond donors (Lipinski definition) is 1. The van der Waals surface area contributed by atoms with Crippen molar-refractivity contribution >= 4 is 23.6 Å². The summed E-state index contributed by atoms with van der Waals surface area (Å²) < 4.78 is 5.51. The van der Waals surface area contributed by atoms with Gasteiger partial charge in [-0.05, 0) is 65.2 Å².